The minimum Gasteiger partial charge on any atom is -0.312 e. The van der Waals surface area contributed by atoms with Gasteiger partial charge in [-0.1, -0.05) is 56.3 Å². The minimum atomic E-state index is -0.767. The molecule has 0 bridgehead atoms. The SMILES string of the molecule is CNC(c1ccc(C)c(F)c1F)C(C)(C)c1ccccc1. The van der Waals surface area contributed by atoms with E-state index in [9.17, 15) is 8.78 Å². The lowest BCUT2D eigenvalue weighted by atomic mass is 9.74. The zero-order valence-electron chi connectivity index (χ0n) is 12.9. The third-order valence-electron chi connectivity index (χ3n) is 4.14. The van der Waals surface area contributed by atoms with Gasteiger partial charge in [-0.3, -0.25) is 0 Å². The Bertz CT molecular complexity index is 621. The maximum absolute atomic E-state index is 14.3. The lowest BCUT2D eigenvalue weighted by molar-refractivity contribution is 0.351. The van der Waals surface area contributed by atoms with Gasteiger partial charge >= 0.3 is 0 Å². The minimum absolute atomic E-state index is 0.323. The fourth-order valence-electron chi connectivity index (χ4n) is 2.82. The molecule has 0 saturated carbocycles. The number of benzene rings is 2. The first-order valence-electron chi connectivity index (χ1n) is 7.07. The third-order valence-corrected chi connectivity index (χ3v) is 4.14. The Morgan fingerprint density at radius 2 is 1.57 bits per heavy atom. The summed E-state index contributed by atoms with van der Waals surface area (Å²) in [5.74, 6) is -1.53. The molecule has 1 nitrogen and oxygen atoms in total. The number of hydrogen-bond acceptors (Lipinski definition) is 1. The van der Waals surface area contributed by atoms with Gasteiger partial charge in [0.15, 0.2) is 11.6 Å². The van der Waals surface area contributed by atoms with E-state index >= 15 is 0 Å². The highest BCUT2D eigenvalue weighted by Crippen LogP contribution is 2.38. The molecule has 0 aliphatic rings. The van der Waals surface area contributed by atoms with Gasteiger partial charge in [0.2, 0.25) is 0 Å². The van der Waals surface area contributed by atoms with Crippen molar-refractivity contribution in [1.82, 2.24) is 5.32 Å². The van der Waals surface area contributed by atoms with Crippen molar-refractivity contribution >= 4 is 0 Å². The third kappa shape index (κ3) is 2.84. The molecule has 0 spiro atoms. The molecular weight excluding hydrogens is 268 g/mol. The second-order valence-electron chi connectivity index (χ2n) is 5.91. The van der Waals surface area contributed by atoms with Crippen molar-refractivity contribution in [3.63, 3.8) is 0 Å². The van der Waals surface area contributed by atoms with E-state index in [1.54, 1.807) is 26.1 Å². The van der Waals surface area contributed by atoms with Crippen LogP contribution in [0.5, 0.6) is 0 Å². The summed E-state index contributed by atoms with van der Waals surface area (Å²) in [6.07, 6.45) is 0. The van der Waals surface area contributed by atoms with Crippen LogP contribution < -0.4 is 5.32 Å². The second-order valence-corrected chi connectivity index (χ2v) is 5.91. The Morgan fingerprint density at radius 3 is 2.14 bits per heavy atom. The zero-order valence-corrected chi connectivity index (χ0v) is 12.9. The van der Waals surface area contributed by atoms with Crippen LogP contribution in [0.15, 0.2) is 42.5 Å². The molecule has 0 heterocycles. The molecule has 1 N–H and O–H groups in total. The summed E-state index contributed by atoms with van der Waals surface area (Å²) in [5, 5.41) is 3.14. The van der Waals surface area contributed by atoms with Crippen molar-refractivity contribution in [2.45, 2.75) is 32.2 Å². The van der Waals surface area contributed by atoms with Crippen LogP contribution in [0.1, 0.15) is 36.6 Å². The van der Waals surface area contributed by atoms with Gasteiger partial charge in [0.1, 0.15) is 0 Å². The summed E-state index contributed by atoms with van der Waals surface area (Å²) in [4.78, 5) is 0. The molecule has 0 fully saturated rings. The predicted octanol–water partition coefficient (Wildman–Crippen LogP) is 4.51. The van der Waals surface area contributed by atoms with Gasteiger partial charge in [-0.05, 0) is 25.1 Å². The normalized spacial score (nSPS) is 13.2. The van der Waals surface area contributed by atoms with Crippen LogP contribution in [0.2, 0.25) is 0 Å². The average molecular weight is 289 g/mol. The van der Waals surface area contributed by atoms with E-state index in [0.29, 0.717) is 11.1 Å². The monoisotopic (exact) mass is 289 g/mol. The molecule has 2 aromatic carbocycles. The first-order valence-corrected chi connectivity index (χ1v) is 7.07. The van der Waals surface area contributed by atoms with E-state index in [1.807, 2.05) is 44.2 Å². The first-order chi connectivity index (χ1) is 9.89. The molecule has 21 heavy (non-hydrogen) atoms. The van der Waals surface area contributed by atoms with Crippen molar-refractivity contribution < 1.29 is 8.78 Å². The van der Waals surface area contributed by atoms with E-state index in [0.717, 1.165) is 5.56 Å². The van der Waals surface area contributed by atoms with E-state index in [1.165, 1.54) is 0 Å². The molecule has 2 aromatic rings. The lowest BCUT2D eigenvalue weighted by Gasteiger charge is -2.35. The number of halogens is 2. The van der Waals surface area contributed by atoms with Crippen LogP contribution in [-0.4, -0.2) is 7.05 Å². The predicted molar refractivity (Wildman–Crippen MR) is 82.4 cm³/mol. The van der Waals surface area contributed by atoms with Crippen LogP contribution >= 0.6 is 0 Å². The Hall–Kier alpha value is -1.74. The molecule has 1 unspecified atom stereocenters. The van der Waals surface area contributed by atoms with Crippen LogP contribution in [0, 0.1) is 18.6 Å². The average Bonchev–Trinajstić information content (AvgIpc) is 2.48. The molecule has 0 saturated heterocycles. The van der Waals surface area contributed by atoms with Gasteiger partial charge in [-0.2, -0.15) is 0 Å². The van der Waals surface area contributed by atoms with Gasteiger partial charge in [-0.15, -0.1) is 0 Å². The highest BCUT2D eigenvalue weighted by atomic mass is 19.2. The number of nitrogens with one attached hydrogen (secondary N) is 1. The Balaban J connectivity index is 2.52. The summed E-state index contributed by atoms with van der Waals surface area (Å²) in [6, 6.07) is 12.8. The zero-order chi connectivity index (χ0) is 15.6. The molecule has 3 heteroatoms. The summed E-state index contributed by atoms with van der Waals surface area (Å²) >= 11 is 0. The van der Waals surface area contributed by atoms with Crippen LogP contribution in [0.4, 0.5) is 8.78 Å². The van der Waals surface area contributed by atoms with Crippen LogP contribution in [0.3, 0.4) is 0 Å². The van der Waals surface area contributed by atoms with Gasteiger partial charge in [0.05, 0.1) is 0 Å². The smallest absolute Gasteiger partial charge is 0.163 e. The topological polar surface area (TPSA) is 12.0 Å². The first kappa shape index (κ1) is 15.6. The Morgan fingerprint density at radius 1 is 0.952 bits per heavy atom. The number of hydrogen-bond donors (Lipinski definition) is 1. The molecule has 2 rings (SSSR count). The number of aryl methyl sites for hydroxylation is 1. The molecule has 0 aromatic heterocycles. The number of rotatable bonds is 4. The van der Waals surface area contributed by atoms with E-state index in [-0.39, 0.29) is 11.5 Å². The maximum atomic E-state index is 14.3. The standard InChI is InChI=1S/C18H21F2N/c1-12-10-11-14(16(20)15(12)19)17(21-4)18(2,3)13-8-6-5-7-9-13/h5-11,17,21H,1-4H3. The quantitative estimate of drug-likeness (QED) is 0.873. The van der Waals surface area contributed by atoms with E-state index < -0.39 is 11.6 Å². The summed E-state index contributed by atoms with van der Waals surface area (Å²) in [5.41, 5.74) is 1.38. The van der Waals surface area contributed by atoms with Gasteiger partial charge < -0.3 is 5.32 Å². The highest BCUT2D eigenvalue weighted by Gasteiger charge is 2.34. The van der Waals surface area contributed by atoms with Gasteiger partial charge in [-0.25, -0.2) is 8.78 Å². The lowest BCUT2D eigenvalue weighted by Crippen LogP contribution is -2.36. The Labute approximate surface area is 125 Å². The van der Waals surface area contributed by atoms with Crippen LogP contribution in [0.25, 0.3) is 0 Å². The van der Waals surface area contributed by atoms with Crippen molar-refractivity contribution in [3.05, 3.63) is 70.8 Å². The number of likely N-dealkylation sites (N-methyl/N-ethyl adjacent to an activating group) is 1. The van der Waals surface area contributed by atoms with E-state index in [4.69, 9.17) is 0 Å². The van der Waals surface area contributed by atoms with Crippen molar-refractivity contribution in [2.24, 2.45) is 0 Å². The van der Waals surface area contributed by atoms with Gasteiger partial charge in [0, 0.05) is 17.0 Å². The summed E-state index contributed by atoms with van der Waals surface area (Å²) < 4.78 is 28.2. The summed E-state index contributed by atoms with van der Waals surface area (Å²) in [6.45, 7) is 5.63. The van der Waals surface area contributed by atoms with Crippen molar-refractivity contribution in [1.29, 1.82) is 0 Å². The largest absolute Gasteiger partial charge is 0.312 e. The van der Waals surface area contributed by atoms with Crippen LogP contribution in [-0.2, 0) is 5.41 Å². The molecule has 0 aliphatic carbocycles. The summed E-state index contributed by atoms with van der Waals surface area (Å²) in [7, 11) is 1.77. The van der Waals surface area contributed by atoms with Crippen molar-refractivity contribution in [2.75, 3.05) is 7.05 Å². The van der Waals surface area contributed by atoms with Crippen molar-refractivity contribution in [3.8, 4) is 0 Å². The molecule has 1 atom stereocenters. The molecular formula is C18H21F2N. The fourth-order valence-corrected chi connectivity index (χ4v) is 2.82. The molecule has 0 amide bonds. The molecule has 0 aliphatic heterocycles. The molecule has 112 valence electrons. The van der Waals surface area contributed by atoms with Gasteiger partial charge in [0.25, 0.3) is 0 Å². The molecule has 0 radical (unpaired) electrons. The highest BCUT2D eigenvalue weighted by molar-refractivity contribution is 5.34. The Kier molecular flexibility index (Phi) is 4.43. The van der Waals surface area contributed by atoms with E-state index in [2.05, 4.69) is 5.32 Å². The second kappa shape index (κ2) is 5.94. The fraction of sp³-hybridized carbons (Fsp3) is 0.333. The maximum Gasteiger partial charge on any atom is 0.163 e.